The summed E-state index contributed by atoms with van der Waals surface area (Å²) < 4.78 is 0. The number of nitrogen functional groups attached to an aromatic ring is 1. The van der Waals surface area contributed by atoms with Gasteiger partial charge in [-0.3, -0.25) is 4.79 Å². The van der Waals surface area contributed by atoms with E-state index in [2.05, 4.69) is 12.2 Å². The molecule has 0 radical (unpaired) electrons. The van der Waals surface area contributed by atoms with Crippen LogP contribution in [-0.4, -0.2) is 5.91 Å². The summed E-state index contributed by atoms with van der Waals surface area (Å²) in [5, 5.41) is 3.14. The number of carbonyl (C=O) groups is 1. The van der Waals surface area contributed by atoms with Crippen LogP contribution >= 0.6 is 0 Å². The van der Waals surface area contributed by atoms with E-state index in [1.807, 2.05) is 31.2 Å². The minimum atomic E-state index is -0.188. The third-order valence-electron chi connectivity index (χ3n) is 4.26. The van der Waals surface area contributed by atoms with E-state index in [9.17, 15) is 4.79 Å². The second-order valence-electron chi connectivity index (χ2n) is 5.99. The lowest BCUT2D eigenvalue weighted by Gasteiger charge is -2.33. The number of anilines is 1. The van der Waals surface area contributed by atoms with Crippen molar-refractivity contribution in [3.8, 4) is 0 Å². The molecule has 3 N–H and O–H groups in total. The van der Waals surface area contributed by atoms with Gasteiger partial charge in [-0.05, 0) is 37.5 Å². The second kappa shape index (κ2) is 5.64. The number of benzene rings is 1. The fourth-order valence-corrected chi connectivity index (χ4v) is 2.84. The van der Waals surface area contributed by atoms with Crippen LogP contribution < -0.4 is 11.1 Å². The summed E-state index contributed by atoms with van der Waals surface area (Å²) in [6.07, 6.45) is 5.59. The summed E-state index contributed by atoms with van der Waals surface area (Å²) in [5.41, 5.74) is 7.40. The largest absolute Gasteiger partial charge is 0.399 e. The van der Waals surface area contributed by atoms with Crippen LogP contribution in [0, 0.1) is 5.41 Å². The Hall–Kier alpha value is -1.51. The molecule has 1 aromatic carbocycles. The van der Waals surface area contributed by atoms with Crippen molar-refractivity contribution in [1.82, 2.24) is 5.32 Å². The van der Waals surface area contributed by atoms with Crippen molar-refractivity contribution in [3.63, 3.8) is 0 Å². The third kappa shape index (κ3) is 3.28. The van der Waals surface area contributed by atoms with Gasteiger partial charge in [-0.25, -0.2) is 0 Å². The fraction of sp³-hybridized carbons (Fsp3) is 0.562. The highest BCUT2D eigenvalue weighted by molar-refractivity contribution is 5.82. The minimum absolute atomic E-state index is 0.00903. The van der Waals surface area contributed by atoms with Crippen LogP contribution in [0.3, 0.4) is 0 Å². The zero-order chi connectivity index (χ0) is 13.9. The van der Waals surface area contributed by atoms with Gasteiger partial charge >= 0.3 is 0 Å². The van der Waals surface area contributed by atoms with Crippen molar-refractivity contribution < 1.29 is 4.79 Å². The molecule has 0 bridgehead atoms. The molecule has 1 aliphatic carbocycles. The zero-order valence-corrected chi connectivity index (χ0v) is 11.9. The number of nitrogens with two attached hydrogens (primary N) is 1. The van der Waals surface area contributed by atoms with Crippen LogP contribution in [0.1, 0.15) is 57.6 Å². The summed E-state index contributed by atoms with van der Waals surface area (Å²) >= 11 is 0. The molecule has 1 unspecified atom stereocenters. The molecule has 19 heavy (non-hydrogen) atoms. The molecular weight excluding hydrogens is 236 g/mol. The van der Waals surface area contributed by atoms with Gasteiger partial charge in [0.1, 0.15) is 0 Å². The average Bonchev–Trinajstić information content (AvgIpc) is 2.39. The Labute approximate surface area is 115 Å². The van der Waals surface area contributed by atoms with Gasteiger partial charge in [0.2, 0.25) is 5.91 Å². The predicted molar refractivity (Wildman–Crippen MR) is 78.6 cm³/mol. The lowest BCUT2D eigenvalue weighted by molar-refractivity contribution is -0.132. The molecule has 1 atom stereocenters. The second-order valence-corrected chi connectivity index (χ2v) is 5.99. The van der Waals surface area contributed by atoms with E-state index >= 15 is 0 Å². The first-order valence-corrected chi connectivity index (χ1v) is 7.18. The van der Waals surface area contributed by atoms with Gasteiger partial charge in [0.05, 0.1) is 6.04 Å². The molecule has 0 aromatic heterocycles. The van der Waals surface area contributed by atoms with Gasteiger partial charge in [0, 0.05) is 11.1 Å². The van der Waals surface area contributed by atoms with Gasteiger partial charge in [-0.15, -0.1) is 0 Å². The van der Waals surface area contributed by atoms with Gasteiger partial charge < -0.3 is 11.1 Å². The van der Waals surface area contributed by atoms with Crippen molar-refractivity contribution in [3.05, 3.63) is 29.8 Å². The molecule has 0 aliphatic heterocycles. The van der Waals surface area contributed by atoms with Crippen LogP contribution in [0.15, 0.2) is 24.3 Å². The van der Waals surface area contributed by atoms with Gasteiger partial charge in [-0.1, -0.05) is 38.3 Å². The lowest BCUT2D eigenvalue weighted by atomic mass is 9.75. The maximum absolute atomic E-state index is 12.4. The highest BCUT2D eigenvalue weighted by Crippen LogP contribution is 2.36. The molecule has 3 nitrogen and oxygen atoms in total. The van der Waals surface area contributed by atoms with E-state index in [1.165, 1.54) is 6.42 Å². The van der Waals surface area contributed by atoms with E-state index in [0.717, 1.165) is 36.9 Å². The average molecular weight is 260 g/mol. The Morgan fingerprint density at radius 2 is 2.00 bits per heavy atom. The van der Waals surface area contributed by atoms with Crippen molar-refractivity contribution in [2.45, 2.75) is 52.0 Å². The van der Waals surface area contributed by atoms with Crippen molar-refractivity contribution in [2.75, 3.05) is 5.73 Å². The Bertz CT molecular complexity index is 450. The standard InChI is InChI=1S/C16H24N2O/c1-12(13-7-6-8-14(17)11-13)18-15(19)16(2)9-4-3-5-10-16/h6-8,11-12H,3-5,9-10,17H2,1-2H3,(H,18,19). The van der Waals surface area contributed by atoms with E-state index in [1.54, 1.807) is 0 Å². The maximum atomic E-state index is 12.4. The van der Waals surface area contributed by atoms with Crippen LogP contribution in [0.5, 0.6) is 0 Å². The highest BCUT2D eigenvalue weighted by atomic mass is 16.2. The first-order chi connectivity index (χ1) is 9.01. The fourth-order valence-electron chi connectivity index (χ4n) is 2.84. The summed E-state index contributed by atoms with van der Waals surface area (Å²) in [6.45, 7) is 4.10. The van der Waals surface area contributed by atoms with E-state index in [-0.39, 0.29) is 17.4 Å². The molecule has 1 fully saturated rings. The van der Waals surface area contributed by atoms with Gasteiger partial charge in [-0.2, -0.15) is 0 Å². The number of amides is 1. The summed E-state index contributed by atoms with van der Waals surface area (Å²) in [4.78, 5) is 12.4. The molecule has 2 rings (SSSR count). The Morgan fingerprint density at radius 1 is 1.32 bits per heavy atom. The van der Waals surface area contributed by atoms with Crippen LogP contribution in [0.25, 0.3) is 0 Å². The number of hydrogen-bond donors (Lipinski definition) is 2. The third-order valence-corrected chi connectivity index (χ3v) is 4.26. The predicted octanol–water partition coefficient (Wildman–Crippen LogP) is 3.42. The molecule has 1 aliphatic rings. The quantitative estimate of drug-likeness (QED) is 0.818. The molecule has 0 saturated heterocycles. The molecular formula is C16H24N2O. The monoisotopic (exact) mass is 260 g/mol. The molecule has 0 spiro atoms. The Kier molecular flexibility index (Phi) is 4.13. The zero-order valence-electron chi connectivity index (χ0n) is 11.9. The lowest BCUT2D eigenvalue weighted by Crippen LogP contribution is -2.41. The number of rotatable bonds is 3. The van der Waals surface area contributed by atoms with Crippen molar-refractivity contribution >= 4 is 11.6 Å². The molecule has 1 aromatic rings. The van der Waals surface area contributed by atoms with Crippen molar-refractivity contribution in [2.24, 2.45) is 5.41 Å². The smallest absolute Gasteiger partial charge is 0.226 e. The Balaban J connectivity index is 2.02. The molecule has 104 valence electrons. The number of carbonyl (C=O) groups excluding carboxylic acids is 1. The summed E-state index contributed by atoms with van der Waals surface area (Å²) in [5.74, 6) is 0.183. The van der Waals surface area contributed by atoms with Crippen LogP contribution in [0.4, 0.5) is 5.69 Å². The maximum Gasteiger partial charge on any atom is 0.226 e. The van der Waals surface area contributed by atoms with E-state index < -0.39 is 0 Å². The first-order valence-electron chi connectivity index (χ1n) is 7.18. The molecule has 0 heterocycles. The number of hydrogen-bond acceptors (Lipinski definition) is 2. The van der Waals surface area contributed by atoms with Crippen LogP contribution in [-0.2, 0) is 4.79 Å². The number of nitrogens with one attached hydrogen (secondary N) is 1. The topological polar surface area (TPSA) is 55.1 Å². The SMILES string of the molecule is CC(NC(=O)C1(C)CCCCC1)c1cccc(N)c1. The normalized spacial score (nSPS) is 19.7. The minimum Gasteiger partial charge on any atom is -0.399 e. The summed E-state index contributed by atoms with van der Waals surface area (Å²) in [6, 6.07) is 7.73. The molecule has 1 amide bonds. The molecule has 1 saturated carbocycles. The van der Waals surface area contributed by atoms with E-state index in [0.29, 0.717) is 0 Å². The summed E-state index contributed by atoms with van der Waals surface area (Å²) in [7, 11) is 0. The van der Waals surface area contributed by atoms with Gasteiger partial charge in [0.15, 0.2) is 0 Å². The molecule has 3 heteroatoms. The van der Waals surface area contributed by atoms with Crippen LogP contribution in [0.2, 0.25) is 0 Å². The Morgan fingerprint density at radius 3 is 2.63 bits per heavy atom. The van der Waals surface area contributed by atoms with Crippen molar-refractivity contribution in [1.29, 1.82) is 0 Å². The van der Waals surface area contributed by atoms with Gasteiger partial charge in [0.25, 0.3) is 0 Å². The highest BCUT2D eigenvalue weighted by Gasteiger charge is 2.35. The van der Waals surface area contributed by atoms with E-state index in [4.69, 9.17) is 5.73 Å². The first kappa shape index (κ1) is 13.9.